The molecule has 0 fully saturated rings. The molecule has 0 bridgehead atoms. The van der Waals surface area contributed by atoms with E-state index in [-0.39, 0.29) is 11.7 Å². The topological polar surface area (TPSA) is 72.2 Å². The zero-order chi connectivity index (χ0) is 20.2. The fourth-order valence-electron chi connectivity index (χ4n) is 2.65. The number of halogens is 2. The Hall–Kier alpha value is -2.61. The number of hydrogen-bond acceptors (Lipinski definition) is 5. The quantitative estimate of drug-likeness (QED) is 0.443. The number of thioether (sulfide) groups is 1. The normalized spacial score (nSPS) is 11.0. The van der Waals surface area contributed by atoms with Crippen molar-refractivity contribution in [2.75, 3.05) is 5.75 Å². The number of nitrogens with one attached hydrogen (secondary N) is 1. The van der Waals surface area contributed by atoms with Crippen LogP contribution in [0, 0.1) is 0 Å². The van der Waals surface area contributed by atoms with E-state index in [0.717, 1.165) is 11.1 Å². The average molecular weight is 444 g/mol. The number of nitrogens with zero attached hydrogens (tertiary/aromatic N) is 4. The minimum atomic E-state index is -0.0986. The molecule has 2 aromatic heterocycles. The van der Waals surface area contributed by atoms with Gasteiger partial charge in [0.1, 0.15) is 5.03 Å². The van der Waals surface area contributed by atoms with Gasteiger partial charge in [0, 0.05) is 22.2 Å². The number of fused-ring (bicyclic) bond motifs is 1. The van der Waals surface area contributed by atoms with E-state index in [1.54, 1.807) is 22.7 Å². The summed E-state index contributed by atoms with van der Waals surface area (Å²) < 4.78 is 1.66. The molecule has 1 N–H and O–H groups in total. The van der Waals surface area contributed by atoms with Gasteiger partial charge in [0.15, 0.2) is 11.5 Å². The maximum Gasteiger partial charge on any atom is 0.230 e. The molecule has 0 aliphatic rings. The number of carbonyl (C=O) groups excluding carboxylic acids is 1. The van der Waals surface area contributed by atoms with Crippen molar-refractivity contribution in [1.29, 1.82) is 0 Å². The van der Waals surface area contributed by atoms with Gasteiger partial charge in [-0.05, 0) is 48.0 Å². The first-order valence-electron chi connectivity index (χ1n) is 8.71. The van der Waals surface area contributed by atoms with Crippen LogP contribution in [0.4, 0.5) is 0 Å². The summed E-state index contributed by atoms with van der Waals surface area (Å²) in [6.07, 6.45) is 0. The summed E-state index contributed by atoms with van der Waals surface area (Å²) in [5.41, 5.74) is 2.36. The summed E-state index contributed by atoms with van der Waals surface area (Å²) in [4.78, 5) is 12.2. The van der Waals surface area contributed by atoms with E-state index >= 15 is 0 Å². The summed E-state index contributed by atoms with van der Waals surface area (Å²) >= 11 is 13.4. The van der Waals surface area contributed by atoms with Crippen LogP contribution in [0.25, 0.3) is 17.0 Å². The Bertz CT molecular complexity index is 1160. The van der Waals surface area contributed by atoms with Crippen molar-refractivity contribution in [3.05, 3.63) is 76.3 Å². The summed E-state index contributed by atoms with van der Waals surface area (Å²) in [7, 11) is 0. The maximum atomic E-state index is 12.2. The molecule has 2 aromatic carbocycles. The zero-order valence-corrected chi connectivity index (χ0v) is 17.4. The van der Waals surface area contributed by atoms with Crippen LogP contribution in [0.3, 0.4) is 0 Å². The van der Waals surface area contributed by atoms with E-state index in [2.05, 4.69) is 20.6 Å². The highest BCUT2D eigenvalue weighted by molar-refractivity contribution is 7.99. The van der Waals surface area contributed by atoms with E-state index in [9.17, 15) is 4.79 Å². The largest absolute Gasteiger partial charge is 0.351 e. The Morgan fingerprint density at radius 1 is 1.00 bits per heavy atom. The molecule has 0 aliphatic heterocycles. The lowest BCUT2D eigenvalue weighted by Gasteiger charge is -2.07. The monoisotopic (exact) mass is 443 g/mol. The molecule has 0 spiro atoms. The Kier molecular flexibility index (Phi) is 5.99. The highest BCUT2D eigenvalue weighted by atomic mass is 35.5. The first kappa shape index (κ1) is 19.7. The second-order valence-corrected chi connectivity index (χ2v) is 7.97. The number of carbonyl (C=O) groups is 1. The molecule has 4 rings (SSSR count). The van der Waals surface area contributed by atoms with Crippen molar-refractivity contribution in [3.63, 3.8) is 0 Å². The molecule has 1 amide bonds. The van der Waals surface area contributed by atoms with Gasteiger partial charge < -0.3 is 5.32 Å². The maximum absolute atomic E-state index is 12.2. The summed E-state index contributed by atoms with van der Waals surface area (Å²) in [5, 5.41) is 17.8. The zero-order valence-electron chi connectivity index (χ0n) is 15.0. The second kappa shape index (κ2) is 8.82. The molecule has 0 unspecified atom stereocenters. The lowest BCUT2D eigenvalue weighted by molar-refractivity contribution is -0.118. The Labute approximate surface area is 181 Å². The number of amides is 1. The second-order valence-electron chi connectivity index (χ2n) is 6.13. The van der Waals surface area contributed by atoms with Crippen molar-refractivity contribution in [2.45, 2.75) is 11.6 Å². The highest BCUT2D eigenvalue weighted by Gasteiger charge is 2.11. The minimum Gasteiger partial charge on any atom is -0.351 e. The first-order valence-corrected chi connectivity index (χ1v) is 10.5. The highest BCUT2D eigenvalue weighted by Crippen LogP contribution is 2.22. The average Bonchev–Trinajstić information content (AvgIpc) is 3.15. The summed E-state index contributed by atoms with van der Waals surface area (Å²) in [5.74, 6) is 0.752. The van der Waals surface area contributed by atoms with Gasteiger partial charge in [-0.25, -0.2) is 0 Å². The van der Waals surface area contributed by atoms with E-state index in [1.165, 1.54) is 11.8 Å². The van der Waals surface area contributed by atoms with Gasteiger partial charge in [-0.2, -0.15) is 9.61 Å². The third-order valence-corrected chi connectivity index (χ3v) is 5.67. The third-order valence-electron chi connectivity index (χ3n) is 4.13. The van der Waals surface area contributed by atoms with Crippen molar-refractivity contribution in [2.24, 2.45) is 0 Å². The molecule has 0 aliphatic carbocycles. The molecule has 29 heavy (non-hydrogen) atoms. The van der Waals surface area contributed by atoms with Crippen LogP contribution in [-0.4, -0.2) is 31.5 Å². The fraction of sp³-hybridized carbons (Fsp3) is 0.100. The predicted molar refractivity (Wildman–Crippen MR) is 115 cm³/mol. The van der Waals surface area contributed by atoms with Crippen LogP contribution in [-0.2, 0) is 11.3 Å². The number of hydrogen-bond donors (Lipinski definition) is 1. The van der Waals surface area contributed by atoms with E-state index in [1.807, 2.05) is 42.5 Å². The Morgan fingerprint density at radius 2 is 1.79 bits per heavy atom. The van der Waals surface area contributed by atoms with Gasteiger partial charge >= 0.3 is 0 Å². The molecule has 0 saturated heterocycles. The van der Waals surface area contributed by atoms with Gasteiger partial charge in [-0.1, -0.05) is 53.2 Å². The molecule has 4 aromatic rings. The summed E-state index contributed by atoms with van der Waals surface area (Å²) in [6, 6.07) is 18.4. The molecule has 0 atom stereocenters. The van der Waals surface area contributed by atoms with Crippen molar-refractivity contribution in [3.8, 4) is 11.4 Å². The van der Waals surface area contributed by atoms with Crippen LogP contribution in [0.5, 0.6) is 0 Å². The molecular formula is C20H15Cl2N5OS. The lowest BCUT2D eigenvalue weighted by atomic mass is 10.2. The smallest absolute Gasteiger partial charge is 0.230 e. The van der Waals surface area contributed by atoms with Crippen molar-refractivity contribution >= 4 is 46.5 Å². The third kappa shape index (κ3) is 4.70. The first-order chi connectivity index (χ1) is 14.1. The van der Waals surface area contributed by atoms with E-state index in [0.29, 0.717) is 33.1 Å². The molecule has 0 saturated carbocycles. The van der Waals surface area contributed by atoms with E-state index < -0.39 is 0 Å². The van der Waals surface area contributed by atoms with Crippen LogP contribution in [0.1, 0.15) is 5.56 Å². The number of aromatic nitrogens is 4. The Morgan fingerprint density at radius 3 is 2.59 bits per heavy atom. The number of rotatable bonds is 6. The molecule has 9 heteroatoms. The van der Waals surface area contributed by atoms with Gasteiger partial charge in [0.2, 0.25) is 5.91 Å². The lowest BCUT2D eigenvalue weighted by Crippen LogP contribution is -2.24. The van der Waals surface area contributed by atoms with Crippen LogP contribution >= 0.6 is 35.0 Å². The molecule has 2 heterocycles. The van der Waals surface area contributed by atoms with Crippen LogP contribution in [0.15, 0.2) is 65.7 Å². The molecule has 146 valence electrons. The SMILES string of the molecule is O=C(CSc1ccc2nnc(-c3ccc(Cl)cc3)n2n1)NCc1ccccc1Cl. The standard InChI is InChI=1S/C20H15Cl2N5OS/c21-15-7-5-13(6-8-15)20-25-24-17-9-10-19(26-27(17)20)29-12-18(28)23-11-14-3-1-2-4-16(14)22/h1-10H,11-12H2,(H,23,28). The van der Waals surface area contributed by atoms with Crippen molar-refractivity contribution in [1.82, 2.24) is 25.1 Å². The van der Waals surface area contributed by atoms with Gasteiger partial charge in [0.25, 0.3) is 0 Å². The minimum absolute atomic E-state index is 0.0986. The molecule has 0 radical (unpaired) electrons. The van der Waals surface area contributed by atoms with Gasteiger partial charge in [-0.3, -0.25) is 4.79 Å². The summed E-state index contributed by atoms with van der Waals surface area (Å²) in [6.45, 7) is 0.387. The van der Waals surface area contributed by atoms with E-state index in [4.69, 9.17) is 23.2 Å². The predicted octanol–water partition coefficient (Wildman–Crippen LogP) is 4.51. The van der Waals surface area contributed by atoms with Gasteiger partial charge in [-0.15, -0.1) is 10.2 Å². The van der Waals surface area contributed by atoms with Crippen LogP contribution in [0.2, 0.25) is 10.0 Å². The fourth-order valence-corrected chi connectivity index (χ4v) is 3.67. The number of benzene rings is 2. The Balaban J connectivity index is 1.43. The van der Waals surface area contributed by atoms with Crippen molar-refractivity contribution < 1.29 is 4.79 Å². The molecule has 6 nitrogen and oxygen atoms in total. The van der Waals surface area contributed by atoms with Gasteiger partial charge in [0.05, 0.1) is 5.75 Å². The molecular weight excluding hydrogens is 429 g/mol. The van der Waals surface area contributed by atoms with Crippen LogP contribution < -0.4 is 5.32 Å².